The van der Waals surface area contributed by atoms with Gasteiger partial charge in [0.2, 0.25) is 73.2 Å². The molecule has 0 aliphatic carbocycles. The largest absolute Gasteiger partial charge is 0.481 e. The number of anilines is 2. The number of ether oxygens (including phenoxy) is 2. The zero-order valence-corrected chi connectivity index (χ0v) is 53.1. The topological polar surface area (TPSA) is 498 Å². The lowest BCUT2D eigenvalue weighted by atomic mass is 10.1. The third-order valence-corrected chi connectivity index (χ3v) is 17.4. The molecule has 3 heterocycles. The van der Waals surface area contributed by atoms with Gasteiger partial charge in [-0.25, -0.2) is 27.1 Å². The van der Waals surface area contributed by atoms with Crippen LogP contribution in [0.1, 0.15) is 57.8 Å². The fraction of sp³-hybridized carbons (Fsp3) is 0.564. The number of methoxy groups -OCH3 is 1. The summed E-state index contributed by atoms with van der Waals surface area (Å²) in [4.78, 5) is 163. The number of hydrogen-bond acceptors (Lipinski definition) is 22. The van der Waals surface area contributed by atoms with Gasteiger partial charge in [0.25, 0.3) is 0 Å². The number of esters is 1. The number of rotatable bonds is 36. The van der Waals surface area contributed by atoms with Crippen molar-refractivity contribution in [2.24, 2.45) is 21.9 Å². The minimum absolute atomic E-state index is 0.0423. The number of carbonyl (C=O) groups excluding carboxylic acids is 10. The standard InChI is InChI=1S/C55H80N14O20S3/c1-88-49(76)32-66(30-46(72)63-36-12-16-38(17-13-36)92(58,86)87)23-22-65(29-45(71)62-35-10-14-37(15-11-35)91(57,84)85)31-47(73)67-19-3-7-42(67)53(80)69-21-4-8-43(69)54(81)68-20-2-6-41(68)52(79)59-18-25-89-24-5-9-44(70)60-28-39(56)50(77)64-40(26-48(74)75)51(78)61-27-34(33-90)55(82)83/h10-17,34,39-43,90H,2-9,18-33,56H2,1H3,(H,59,79)(H,60,70)(H,61,78)(H,62,71)(H,63,72)(H,64,77)(H,74,75)(H,82,83)(H2,57,84,85)(H2,58,86,87)/t34-,39-,40+,41?,42+,43+/m1/s1. The van der Waals surface area contributed by atoms with Gasteiger partial charge in [0.05, 0.1) is 62.0 Å². The molecule has 3 aliphatic rings. The molecule has 0 saturated carbocycles. The first-order valence-electron chi connectivity index (χ1n) is 29.3. The Morgan fingerprint density at radius 2 is 1.14 bits per heavy atom. The highest BCUT2D eigenvalue weighted by Gasteiger charge is 2.46. The van der Waals surface area contributed by atoms with Crippen LogP contribution < -0.4 is 47.9 Å². The lowest BCUT2D eigenvalue weighted by Gasteiger charge is -2.34. The average molecular weight is 1350 g/mol. The van der Waals surface area contributed by atoms with Crippen molar-refractivity contribution in [3.05, 3.63) is 48.5 Å². The molecule has 2 aromatic rings. The van der Waals surface area contributed by atoms with Gasteiger partial charge in [-0.1, -0.05) is 0 Å². The number of nitrogens with one attached hydrogen (secondary N) is 6. The maximum Gasteiger partial charge on any atom is 0.319 e. The number of hydrogen-bond donors (Lipinski definition) is 12. The van der Waals surface area contributed by atoms with E-state index in [9.17, 15) is 84.6 Å². The number of primary sulfonamides is 2. The Kier molecular flexibility index (Phi) is 29.1. The number of likely N-dealkylation sites (tertiary alicyclic amines) is 3. The van der Waals surface area contributed by atoms with Crippen LogP contribution in [0.3, 0.4) is 0 Å². The molecular weight excluding hydrogens is 1270 g/mol. The summed E-state index contributed by atoms with van der Waals surface area (Å²) in [7, 11) is -6.93. The Hall–Kier alpha value is -7.91. The molecule has 9 amide bonds. The number of sulfonamides is 2. The highest BCUT2D eigenvalue weighted by molar-refractivity contribution is 7.89. The van der Waals surface area contributed by atoms with Gasteiger partial charge in [-0.2, -0.15) is 12.6 Å². The second-order valence-electron chi connectivity index (χ2n) is 21.9. The Morgan fingerprint density at radius 1 is 0.641 bits per heavy atom. The van der Waals surface area contributed by atoms with Gasteiger partial charge < -0.3 is 72.0 Å². The Morgan fingerprint density at radius 3 is 1.64 bits per heavy atom. The number of benzene rings is 2. The van der Waals surface area contributed by atoms with Crippen molar-refractivity contribution in [3.8, 4) is 0 Å². The van der Waals surface area contributed by atoms with E-state index in [1.807, 2.05) is 0 Å². The summed E-state index contributed by atoms with van der Waals surface area (Å²) in [6.45, 7) is -1.92. The minimum atomic E-state index is -4.05. The van der Waals surface area contributed by atoms with E-state index in [0.29, 0.717) is 32.1 Å². The van der Waals surface area contributed by atoms with Crippen molar-refractivity contribution in [2.45, 2.75) is 97.8 Å². The number of carboxylic acid groups (broad SMARTS) is 2. The molecular formula is C55H80N14O20S3. The van der Waals surface area contributed by atoms with E-state index in [4.69, 9.17) is 25.5 Å². The zero-order chi connectivity index (χ0) is 67.9. The van der Waals surface area contributed by atoms with Crippen molar-refractivity contribution in [1.29, 1.82) is 0 Å². The zero-order valence-electron chi connectivity index (χ0n) is 50.5. The third kappa shape index (κ3) is 23.6. The molecule has 3 aliphatic heterocycles. The first-order valence-corrected chi connectivity index (χ1v) is 33.0. The normalized spacial score (nSPS) is 17.5. The predicted octanol–water partition coefficient (Wildman–Crippen LogP) is -4.63. The van der Waals surface area contributed by atoms with Crippen molar-refractivity contribution >= 4 is 115 Å². The van der Waals surface area contributed by atoms with Gasteiger partial charge in [0.15, 0.2) is 0 Å². The molecule has 2 aromatic carbocycles. The van der Waals surface area contributed by atoms with E-state index in [1.165, 1.54) is 73.0 Å². The molecule has 37 heteroatoms. The van der Waals surface area contributed by atoms with E-state index in [0.717, 1.165) is 7.11 Å². The minimum Gasteiger partial charge on any atom is -0.481 e. The second kappa shape index (κ2) is 35.8. The lowest BCUT2D eigenvalue weighted by Crippen LogP contribution is -2.56. The number of nitrogens with zero attached hydrogens (tertiary/aromatic N) is 5. The maximum absolute atomic E-state index is 14.5. The SMILES string of the molecule is COC(=O)CN(CCN(CC(=O)Nc1ccc(S(N)(=O)=O)cc1)CC(=O)N1CCC[C@H]1C(=O)N1CCC[C@H]1C(=O)N1CCCC1C(=O)NCCOCCCC(=O)NC[C@@H](N)C(=O)N[C@@H](CC(=O)O)C(=O)NC[C@H](CS)C(=O)O)CC(=O)Nc1ccc(S(N)(=O)=O)cc1. The number of carbonyl (C=O) groups is 12. The molecule has 1 unspecified atom stereocenters. The number of aliphatic carboxylic acids is 2. The van der Waals surface area contributed by atoms with Crippen molar-refractivity contribution in [2.75, 3.05) is 115 Å². The maximum atomic E-state index is 14.5. The van der Waals surface area contributed by atoms with Crippen LogP contribution >= 0.6 is 12.6 Å². The molecule has 5 rings (SSSR count). The summed E-state index contributed by atoms with van der Waals surface area (Å²) < 4.78 is 57.6. The molecule has 6 atom stereocenters. The fourth-order valence-corrected chi connectivity index (χ4v) is 11.6. The van der Waals surface area contributed by atoms with Gasteiger partial charge in [-0.3, -0.25) is 67.3 Å². The van der Waals surface area contributed by atoms with Crippen molar-refractivity contribution in [3.63, 3.8) is 0 Å². The molecule has 508 valence electrons. The van der Waals surface area contributed by atoms with Gasteiger partial charge >= 0.3 is 17.9 Å². The molecule has 0 radical (unpaired) electrons. The van der Waals surface area contributed by atoms with E-state index < -0.39 is 160 Å². The molecule has 0 bridgehead atoms. The van der Waals surface area contributed by atoms with E-state index in [2.05, 4.69) is 44.5 Å². The van der Waals surface area contributed by atoms with E-state index >= 15 is 0 Å². The molecule has 0 spiro atoms. The monoisotopic (exact) mass is 1350 g/mol. The summed E-state index contributed by atoms with van der Waals surface area (Å²) in [6.07, 6.45) is 1.63. The predicted molar refractivity (Wildman–Crippen MR) is 328 cm³/mol. The number of amides is 9. The van der Waals surface area contributed by atoms with Crippen LogP contribution in [0.4, 0.5) is 11.4 Å². The van der Waals surface area contributed by atoms with Gasteiger partial charge in [-0.15, -0.1) is 0 Å². The fourth-order valence-electron chi connectivity index (χ4n) is 10.2. The number of thiol groups is 1. The van der Waals surface area contributed by atoms with Crippen LogP contribution in [0.15, 0.2) is 58.3 Å². The lowest BCUT2D eigenvalue weighted by molar-refractivity contribution is -0.150. The van der Waals surface area contributed by atoms with Gasteiger partial charge in [-0.05, 0) is 93.5 Å². The van der Waals surface area contributed by atoms with Crippen LogP contribution in [0, 0.1) is 5.92 Å². The Labute approximate surface area is 536 Å². The highest BCUT2D eigenvalue weighted by Crippen LogP contribution is 2.29. The highest BCUT2D eigenvalue weighted by atomic mass is 32.2. The molecule has 34 nitrogen and oxygen atoms in total. The quantitative estimate of drug-likeness (QED) is 0.0173. The Bertz CT molecular complexity index is 3220. The summed E-state index contributed by atoms with van der Waals surface area (Å²) in [5, 5.41) is 43.8. The summed E-state index contributed by atoms with van der Waals surface area (Å²) >= 11 is 3.90. The van der Waals surface area contributed by atoms with Crippen molar-refractivity contribution < 1.29 is 94.1 Å². The van der Waals surface area contributed by atoms with Crippen LogP contribution in [-0.4, -0.2) is 257 Å². The average Bonchev–Trinajstić information content (AvgIpc) is 1.64. The molecule has 3 saturated heterocycles. The molecule has 14 N–H and O–H groups in total. The summed E-state index contributed by atoms with van der Waals surface area (Å²) in [5.74, 6) is -10.2. The number of carboxylic acids is 2. The van der Waals surface area contributed by atoms with E-state index in [-0.39, 0.29) is 112 Å². The van der Waals surface area contributed by atoms with Crippen LogP contribution in [0.25, 0.3) is 0 Å². The van der Waals surface area contributed by atoms with E-state index in [1.54, 1.807) is 0 Å². The second-order valence-corrected chi connectivity index (χ2v) is 25.4. The van der Waals surface area contributed by atoms with Gasteiger partial charge in [0, 0.05) is 82.5 Å². The van der Waals surface area contributed by atoms with Crippen molar-refractivity contribution in [1.82, 2.24) is 45.8 Å². The molecule has 0 aromatic heterocycles. The first kappa shape index (κ1) is 74.8. The summed E-state index contributed by atoms with van der Waals surface area (Å²) in [6, 6.07) is 4.25. The van der Waals surface area contributed by atoms with Crippen LogP contribution in [-0.2, 0) is 87.1 Å². The molecule has 92 heavy (non-hydrogen) atoms. The Balaban J connectivity index is 1.12. The smallest absolute Gasteiger partial charge is 0.319 e. The summed E-state index contributed by atoms with van der Waals surface area (Å²) in [5.41, 5.74) is 6.27. The molecule has 3 fully saturated rings. The van der Waals surface area contributed by atoms with Crippen LogP contribution in [0.5, 0.6) is 0 Å². The third-order valence-electron chi connectivity index (χ3n) is 15.1. The van der Waals surface area contributed by atoms with Gasteiger partial charge in [0.1, 0.15) is 30.2 Å². The number of nitrogens with two attached hydrogens (primary N) is 3. The van der Waals surface area contributed by atoms with Crippen LogP contribution in [0.2, 0.25) is 0 Å². The first-order chi connectivity index (χ1) is 43.5.